The van der Waals surface area contributed by atoms with Crippen molar-refractivity contribution in [3.8, 4) is 0 Å². The second-order valence-electron chi connectivity index (χ2n) is 11.5. The summed E-state index contributed by atoms with van der Waals surface area (Å²) in [5.41, 5.74) is -2.23. The molecule has 4 aliphatic heterocycles. The molecule has 0 aliphatic carbocycles. The predicted octanol–water partition coefficient (Wildman–Crippen LogP) is 2.37. The molecule has 36 heavy (non-hydrogen) atoms. The van der Waals surface area contributed by atoms with Gasteiger partial charge in [0.2, 0.25) is 17.7 Å². The van der Waals surface area contributed by atoms with Crippen LogP contribution in [0.25, 0.3) is 0 Å². The number of hydrogen-bond acceptors (Lipinski definition) is 5. The lowest BCUT2D eigenvalue weighted by atomic mass is 9.73. The lowest BCUT2D eigenvalue weighted by Gasteiger charge is -2.42. The van der Waals surface area contributed by atoms with Crippen molar-refractivity contribution in [3.63, 3.8) is 0 Å². The molecule has 8 heteroatoms. The molecule has 2 fully saturated rings. The average molecular weight is 502 g/mol. The summed E-state index contributed by atoms with van der Waals surface area (Å²) in [7, 11) is 1.75. The van der Waals surface area contributed by atoms with Gasteiger partial charge in [0.25, 0.3) is 0 Å². The third-order valence-electron chi connectivity index (χ3n) is 8.70. The Labute approximate surface area is 215 Å². The predicted molar refractivity (Wildman–Crippen MR) is 137 cm³/mol. The summed E-state index contributed by atoms with van der Waals surface area (Å²) in [5, 5.41) is 10.4. The first-order valence-corrected chi connectivity index (χ1v) is 13.6. The first kappa shape index (κ1) is 26.9. The largest absolute Gasteiger partial charge is 0.394 e. The van der Waals surface area contributed by atoms with Gasteiger partial charge in [-0.25, -0.2) is 0 Å². The van der Waals surface area contributed by atoms with E-state index in [0.717, 1.165) is 12.8 Å². The van der Waals surface area contributed by atoms with Gasteiger partial charge in [-0.1, -0.05) is 58.4 Å². The van der Waals surface area contributed by atoms with Gasteiger partial charge in [0.15, 0.2) is 0 Å². The normalized spacial score (nSPS) is 35.6. The lowest BCUT2D eigenvalue weighted by molar-refractivity contribution is -0.158. The van der Waals surface area contributed by atoms with Crippen LogP contribution in [0.4, 0.5) is 0 Å². The van der Waals surface area contributed by atoms with Gasteiger partial charge in [-0.3, -0.25) is 14.4 Å². The van der Waals surface area contributed by atoms with E-state index >= 15 is 0 Å². The number of hydrogen-bond donors (Lipinski definition) is 1. The van der Waals surface area contributed by atoms with Gasteiger partial charge in [-0.15, -0.1) is 0 Å². The van der Waals surface area contributed by atoms with Crippen molar-refractivity contribution in [1.29, 1.82) is 0 Å². The zero-order valence-electron chi connectivity index (χ0n) is 22.6. The number of amides is 3. The molecule has 7 atom stereocenters. The fourth-order valence-electron chi connectivity index (χ4n) is 7.02. The third kappa shape index (κ3) is 3.92. The fraction of sp³-hybridized carbons (Fsp3) is 0.750. The molecule has 4 rings (SSSR count). The maximum Gasteiger partial charge on any atom is 0.249 e. The Balaban J connectivity index is 1.91. The van der Waals surface area contributed by atoms with Crippen molar-refractivity contribution in [2.75, 3.05) is 26.7 Å². The van der Waals surface area contributed by atoms with E-state index in [-0.39, 0.29) is 36.3 Å². The summed E-state index contributed by atoms with van der Waals surface area (Å²) in [6.07, 6.45) is 10.6. The van der Waals surface area contributed by atoms with Crippen LogP contribution in [0.5, 0.6) is 0 Å². The van der Waals surface area contributed by atoms with E-state index in [1.165, 1.54) is 0 Å². The molecule has 0 aromatic rings. The highest BCUT2D eigenvalue weighted by atomic mass is 16.5. The summed E-state index contributed by atoms with van der Waals surface area (Å²) in [4.78, 5) is 47.6. The zero-order valence-corrected chi connectivity index (χ0v) is 22.6. The van der Waals surface area contributed by atoms with E-state index in [4.69, 9.17) is 4.74 Å². The van der Waals surface area contributed by atoms with Crippen molar-refractivity contribution < 1.29 is 24.2 Å². The van der Waals surface area contributed by atoms with Gasteiger partial charge in [0.05, 0.1) is 30.1 Å². The third-order valence-corrected chi connectivity index (χ3v) is 8.70. The number of likely N-dealkylation sites (tertiary alicyclic amines) is 1. The minimum absolute atomic E-state index is 0.00402. The molecule has 0 aromatic carbocycles. The smallest absolute Gasteiger partial charge is 0.249 e. The van der Waals surface area contributed by atoms with Gasteiger partial charge >= 0.3 is 0 Å². The van der Waals surface area contributed by atoms with E-state index in [2.05, 4.69) is 6.92 Å². The molecule has 0 saturated carbocycles. The zero-order chi connectivity index (χ0) is 26.4. The number of carbonyl (C=O) groups is 3. The summed E-state index contributed by atoms with van der Waals surface area (Å²) < 4.78 is 6.94. The molecule has 200 valence electrons. The number of carbonyl (C=O) groups excluding carboxylic acids is 3. The second kappa shape index (κ2) is 9.93. The molecule has 2 saturated heterocycles. The highest BCUT2D eigenvalue weighted by Gasteiger charge is 2.75. The van der Waals surface area contributed by atoms with Gasteiger partial charge < -0.3 is 24.5 Å². The van der Waals surface area contributed by atoms with Crippen molar-refractivity contribution in [2.45, 2.75) is 89.6 Å². The Hall–Kier alpha value is -2.19. The van der Waals surface area contributed by atoms with Crippen LogP contribution < -0.4 is 0 Å². The Kier molecular flexibility index (Phi) is 7.41. The highest BCUT2D eigenvalue weighted by molar-refractivity contribution is 6.00. The van der Waals surface area contributed by atoms with Gasteiger partial charge in [0.1, 0.15) is 11.6 Å². The molecule has 4 aliphatic rings. The van der Waals surface area contributed by atoms with E-state index in [1.54, 1.807) is 16.8 Å². The molecule has 0 radical (unpaired) electrons. The van der Waals surface area contributed by atoms with Gasteiger partial charge in [0, 0.05) is 26.2 Å². The van der Waals surface area contributed by atoms with Crippen LogP contribution in [0.15, 0.2) is 24.3 Å². The Morgan fingerprint density at radius 1 is 1.03 bits per heavy atom. The average Bonchev–Trinajstić information content (AvgIpc) is 3.14. The summed E-state index contributed by atoms with van der Waals surface area (Å²) in [6, 6.07) is -1.46. The molecular formula is C28H43N3O5. The monoisotopic (exact) mass is 501 g/mol. The van der Waals surface area contributed by atoms with E-state index < -0.39 is 35.1 Å². The summed E-state index contributed by atoms with van der Waals surface area (Å²) in [6.45, 7) is 10.8. The number of ether oxygens (including phenoxy) is 1. The van der Waals surface area contributed by atoms with E-state index in [0.29, 0.717) is 25.9 Å². The maximum absolute atomic E-state index is 14.4. The number of aliphatic hydroxyl groups excluding tert-OH is 1. The molecule has 3 amide bonds. The Bertz CT molecular complexity index is 947. The quantitative estimate of drug-likeness (QED) is 0.516. The molecular weight excluding hydrogens is 458 g/mol. The molecule has 2 unspecified atom stereocenters. The highest BCUT2D eigenvalue weighted by Crippen LogP contribution is 2.59. The van der Waals surface area contributed by atoms with Crippen LogP contribution in [-0.2, 0) is 19.1 Å². The number of nitrogens with zero attached hydrogens (tertiary/aromatic N) is 3. The van der Waals surface area contributed by atoms with Crippen LogP contribution in [0, 0.1) is 17.8 Å². The second-order valence-corrected chi connectivity index (χ2v) is 11.5. The van der Waals surface area contributed by atoms with Crippen LogP contribution in [0.1, 0.15) is 60.3 Å². The minimum Gasteiger partial charge on any atom is -0.394 e. The molecule has 8 nitrogen and oxygen atoms in total. The Morgan fingerprint density at radius 2 is 1.72 bits per heavy atom. The first-order chi connectivity index (χ1) is 17.1. The molecule has 1 N–H and O–H groups in total. The minimum atomic E-state index is -1.27. The number of fused-ring (bicyclic) bond motifs is 2. The lowest BCUT2D eigenvalue weighted by Crippen LogP contribution is -2.60. The number of aliphatic hydroxyl groups is 1. The van der Waals surface area contributed by atoms with Crippen LogP contribution in [0.2, 0.25) is 0 Å². The first-order valence-electron chi connectivity index (χ1n) is 13.6. The number of rotatable bonds is 8. The van der Waals surface area contributed by atoms with Gasteiger partial charge in [-0.05, 0) is 32.1 Å². The van der Waals surface area contributed by atoms with E-state index in [1.807, 2.05) is 56.9 Å². The van der Waals surface area contributed by atoms with Crippen LogP contribution in [-0.4, -0.2) is 93.6 Å². The standard InChI is InChI=1S/C28H43N3O5/c1-7-11-19(5)30-15-10-13-28-22(21-24(33)29(6)14-9-12-27(21,8-2)36-28)25(34)31(23(28)26(30)35)20(17-32)16-18(3)4/h9-10,12-13,18-23,32H,7-8,11,14-17H2,1-6H3/t19?,20-,21+,22+,23?,27-,28+/m1/s1. The SMILES string of the molecule is CCCC(C)N1CC=C[C@]23O[C@]4(CC)C=CCN(C)C(=O)[C@@H]4[C@H]2C(=O)N([C@@H](CO)CC(C)C)C3C1=O. The summed E-state index contributed by atoms with van der Waals surface area (Å²) in [5.74, 6) is -1.92. The summed E-state index contributed by atoms with van der Waals surface area (Å²) >= 11 is 0. The van der Waals surface area contributed by atoms with Crippen molar-refractivity contribution >= 4 is 17.7 Å². The molecule has 0 aromatic heterocycles. The van der Waals surface area contributed by atoms with Crippen LogP contribution >= 0.6 is 0 Å². The van der Waals surface area contributed by atoms with Crippen LogP contribution in [0.3, 0.4) is 0 Å². The topological polar surface area (TPSA) is 90.4 Å². The number of likely N-dealkylation sites (N-methyl/N-ethyl adjacent to an activating group) is 1. The van der Waals surface area contributed by atoms with Crippen molar-refractivity contribution in [2.24, 2.45) is 17.8 Å². The van der Waals surface area contributed by atoms with Crippen molar-refractivity contribution in [1.82, 2.24) is 14.7 Å². The van der Waals surface area contributed by atoms with Crippen molar-refractivity contribution in [3.05, 3.63) is 24.3 Å². The molecule has 0 bridgehead atoms. The maximum atomic E-state index is 14.4. The Morgan fingerprint density at radius 3 is 2.33 bits per heavy atom. The van der Waals surface area contributed by atoms with E-state index in [9.17, 15) is 19.5 Å². The molecule has 1 spiro atoms. The fourth-order valence-corrected chi connectivity index (χ4v) is 7.02. The van der Waals surface area contributed by atoms with Gasteiger partial charge in [-0.2, -0.15) is 0 Å². The molecule has 4 heterocycles.